The van der Waals surface area contributed by atoms with E-state index in [1.165, 1.54) is 12.1 Å². The first-order valence-electron chi connectivity index (χ1n) is 27.9. The van der Waals surface area contributed by atoms with Gasteiger partial charge >= 0.3 is 24.3 Å². The minimum Gasteiger partial charge on any atom is -0.494 e. The van der Waals surface area contributed by atoms with Gasteiger partial charge < -0.3 is 19.7 Å². The third-order valence-electron chi connectivity index (χ3n) is 14.8. The zero-order valence-corrected chi connectivity index (χ0v) is 48.9. The molecule has 0 aliphatic heterocycles. The van der Waals surface area contributed by atoms with Crippen LogP contribution < -0.4 is 9.47 Å². The molecule has 1 atom stereocenters. The molecule has 0 radical (unpaired) electrons. The number of halogens is 8. The molecule has 8 rings (SSSR count). The summed E-state index contributed by atoms with van der Waals surface area (Å²) >= 11 is 12.6. The van der Waals surface area contributed by atoms with Crippen molar-refractivity contribution in [2.75, 3.05) is 39.4 Å². The van der Waals surface area contributed by atoms with E-state index >= 15 is 0 Å². The Morgan fingerprint density at radius 1 is 0.482 bits per heavy atom. The number of carbonyl (C=O) groups is 2. The molecule has 85 heavy (non-hydrogen) atoms. The normalized spacial score (nSPS) is 12.3. The van der Waals surface area contributed by atoms with Crippen LogP contribution in [0.2, 0.25) is 10.0 Å². The highest BCUT2D eigenvalue weighted by molar-refractivity contribution is 6.32. The predicted molar refractivity (Wildman–Crippen MR) is 323 cm³/mol. The Morgan fingerprint density at radius 2 is 0.835 bits per heavy atom. The second-order valence-electron chi connectivity index (χ2n) is 21.3. The number of alkyl halides is 6. The highest BCUT2D eigenvalue weighted by Crippen LogP contribution is 2.39. The fraction of sp³-hybridized carbons (Fsp3) is 0.275. The molecular formula is C69H68Cl2F6N2O6. The lowest BCUT2D eigenvalue weighted by Crippen LogP contribution is -2.31. The molecule has 0 aromatic heterocycles. The second-order valence-corrected chi connectivity index (χ2v) is 22.0. The van der Waals surface area contributed by atoms with Gasteiger partial charge in [0.05, 0.1) is 45.7 Å². The van der Waals surface area contributed by atoms with Crippen LogP contribution in [-0.2, 0) is 40.4 Å². The van der Waals surface area contributed by atoms with Crippen LogP contribution in [0.25, 0.3) is 0 Å². The minimum atomic E-state index is -4.55. The zero-order valence-electron chi connectivity index (χ0n) is 47.4. The average molecular weight is 1210 g/mol. The number of carboxylic acids is 2. The Morgan fingerprint density at radius 3 is 1.20 bits per heavy atom. The molecule has 446 valence electrons. The third kappa shape index (κ3) is 18.7. The summed E-state index contributed by atoms with van der Waals surface area (Å²) in [6.07, 6.45) is -7.92. The van der Waals surface area contributed by atoms with E-state index in [2.05, 4.69) is 58.3 Å². The maximum absolute atomic E-state index is 13.6. The Kier molecular flexibility index (Phi) is 23.3. The van der Waals surface area contributed by atoms with E-state index in [-0.39, 0.29) is 35.0 Å². The minimum absolute atomic E-state index is 0.0212. The molecule has 8 aromatic carbocycles. The molecule has 0 spiro atoms. The number of ether oxygens (including phenoxy) is 2. The van der Waals surface area contributed by atoms with Crippen molar-refractivity contribution in [1.29, 1.82) is 0 Å². The maximum atomic E-state index is 13.6. The van der Waals surface area contributed by atoms with Gasteiger partial charge in [-0.3, -0.25) is 19.4 Å². The Labute approximate surface area is 503 Å². The summed E-state index contributed by atoms with van der Waals surface area (Å²) in [5, 5.41) is 18.3. The molecule has 8 nitrogen and oxygen atoms in total. The van der Waals surface area contributed by atoms with Crippen molar-refractivity contribution in [3.05, 3.63) is 272 Å². The number of hydrogen-bond acceptors (Lipinski definition) is 6. The number of benzene rings is 8. The summed E-state index contributed by atoms with van der Waals surface area (Å²) < 4.78 is 93.6. The van der Waals surface area contributed by atoms with Gasteiger partial charge in [-0.05, 0) is 115 Å². The smallest absolute Gasteiger partial charge is 0.417 e. The highest BCUT2D eigenvalue weighted by Gasteiger charge is 2.36. The van der Waals surface area contributed by atoms with Crippen molar-refractivity contribution in [3.8, 4) is 11.5 Å². The van der Waals surface area contributed by atoms with Gasteiger partial charge in [0.2, 0.25) is 0 Å². The quantitative estimate of drug-likeness (QED) is 0.0409. The summed E-state index contributed by atoms with van der Waals surface area (Å²) in [6.45, 7) is 8.19. The molecule has 0 bridgehead atoms. The summed E-state index contributed by atoms with van der Waals surface area (Å²) in [5.41, 5.74) is 3.74. The zero-order chi connectivity index (χ0) is 61.2. The topological polar surface area (TPSA) is 99.5 Å². The molecule has 2 N–H and O–H groups in total. The van der Waals surface area contributed by atoms with Crippen LogP contribution in [0.1, 0.15) is 107 Å². The van der Waals surface area contributed by atoms with Gasteiger partial charge in [0.1, 0.15) is 11.5 Å². The van der Waals surface area contributed by atoms with Gasteiger partial charge in [0, 0.05) is 51.1 Å². The highest BCUT2D eigenvalue weighted by atomic mass is 35.5. The van der Waals surface area contributed by atoms with Gasteiger partial charge in [0.25, 0.3) is 0 Å². The number of nitrogens with zero attached hydrogens (tertiary/aromatic N) is 2. The molecule has 0 fully saturated rings. The maximum Gasteiger partial charge on any atom is 0.417 e. The van der Waals surface area contributed by atoms with Gasteiger partial charge in [-0.25, -0.2) is 0 Å². The monoisotopic (exact) mass is 1200 g/mol. The molecule has 0 amide bonds. The largest absolute Gasteiger partial charge is 0.494 e. The van der Waals surface area contributed by atoms with Crippen molar-refractivity contribution in [1.82, 2.24) is 9.80 Å². The van der Waals surface area contributed by atoms with E-state index in [0.717, 1.165) is 34.4 Å². The lowest BCUT2D eigenvalue weighted by atomic mass is 9.85. The van der Waals surface area contributed by atoms with Crippen molar-refractivity contribution >= 4 is 35.1 Å². The van der Waals surface area contributed by atoms with Crippen LogP contribution in [0.3, 0.4) is 0 Å². The fourth-order valence-electron chi connectivity index (χ4n) is 9.93. The van der Waals surface area contributed by atoms with E-state index in [1.807, 2.05) is 72.8 Å². The number of aliphatic carboxylic acids is 2. The molecule has 0 saturated heterocycles. The number of carboxylic acid groups (broad SMARTS) is 2. The number of hydrogen-bond donors (Lipinski definition) is 2. The molecule has 8 aromatic rings. The predicted octanol–water partition coefficient (Wildman–Crippen LogP) is 17.5. The van der Waals surface area contributed by atoms with Gasteiger partial charge in [-0.15, -0.1) is 0 Å². The SMILES string of the molecule is CC(C)(C(=O)O)c1cccc(OCCCN(Cc2cccc(C(F)(F)F)c2Cl)CC(c2ccccc2)c2ccccc2)c1.C[C@H](C(=O)O)c1cccc(OCCCN(Cc2cccc(C(F)(F)F)c2Cl)CC(c2ccccc2)c2ccccc2)c1. The summed E-state index contributed by atoms with van der Waals surface area (Å²) in [6, 6.07) is 62.2. The van der Waals surface area contributed by atoms with Gasteiger partial charge in [0.15, 0.2) is 0 Å². The van der Waals surface area contributed by atoms with Crippen LogP contribution in [0.4, 0.5) is 26.3 Å². The Balaban J connectivity index is 0.000000244. The molecule has 0 heterocycles. The van der Waals surface area contributed by atoms with E-state index in [4.69, 9.17) is 32.7 Å². The van der Waals surface area contributed by atoms with Gasteiger partial charge in [-0.1, -0.05) is 193 Å². The first kappa shape index (κ1) is 64.9. The average Bonchev–Trinajstić information content (AvgIpc) is 3.23. The first-order valence-corrected chi connectivity index (χ1v) is 28.6. The van der Waals surface area contributed by atoms with Crippen molar-refractivity contribution in [3.63, 3.8) is 0 Å². The van der Waals surface area contributed by atoms with Crippen LogP contribution >= 0.6 is 23.2 Å². The summed E-state index contributed by atoms with van der Waals surface area (Å²) in [5.74, 6) is -1.42. The van der Waals surface area contributed by atoms with Crippen LogP contribution in [0.15, 0.2) is 206 Å². The van der Waals surface area contributed by atoms with Gasteiger partial charge in [-0.2, -0.15) is 26.3 Å². The standard InChI is InChI=1S/C35H35ClF3NO3.C34H33ClF3NO3/c1-34(2,33(41)42)28-17-10-18-29(22-28)43-21-11-20-40(23-27-16-9-19-31(32(27)36)35(37,38)39)24-30(25-12-5-3-6-13-25)26-14-7-4-8-15-26;1-24(33(40)41)27-15-8-17-29(21-27)42-20-10-19-39(22-28-16-9-18-31(32(28)35)34(36,37)38)23-30(25-11-4-2-5-12-25)26-13-6-3-7-14-26/h3-10,12-19,22,30H,11,20-21,23-24H2,1-2H3,(H,41,42);2-9,11-18,21,24,30H,10,19-20,22-23H2,1H3,(H,40,41)/t;24-/m.0/s1. The fourth-order valence-corrected chi connectivity index (χ4v) is 10.5. The Hall–Kier alpha value is -7.62. The molecule has 0 saturated carbocycles. The van der Waals surface area contributed by atoms with Crippen LogP contribution in [-0.4, -0.2) is 71.3 Å². The van der Waals surface area contributed by atoms with Crippen molar-refractivity contribution in [2.24, 2.45) is 0 Å². The molecule has 0 unspecified atom stereocenters. The van der Waals surface area contributed by atoms with Crippen molar-refractivity contribution in [2.45, 2.75) is 82.2 Å². The summed E-state index contributed by atoms with van der Waals surface area (Å²) in [7, 11) is 0. The molecule has 0 aliphatic rings. The number of rotatable bonds is 26. The van der Waals surface area contributed by atoms with Crippen LogP contribution in [0.5, 0.6) is 11.5 Å². The van der Waals surface area contributed by atoms with Crippen LogP contribution in [0, 0.1) is 0 Å². The Bertz CT molecular complexity index is 3310. The first-order chi connectivity index (χ1) is 40.6. The lowest BCUT2D eigenvalue weighted by molar-refractivity contribution is -0.142. The lowest BCUT2D eigenvalue weighted by Gasteiger charge is -2.29. The molecule has 16 heteroatoms. The van der Waals surface area contributed by atoms with E-state index in [9.17, 15) is 46.1 Å². The second kappa shape index (κ2) is 30.5. The van der Waals surface area contributed by atoms with E-state index in [0.29, 0.717) is 86.0 Å². The summed E-state index contributed by atoms with van der Waals surface area (Å²) in [4.78, 5) is 27.3. The third-order valence-corrected chi connectivity index (χ3v) is 15.7. The van der Waals surface area contributed by atoms with Crippen molar-refractivity contribution < 1.29 is 55.6 Å². The molecular weight excluding hydrogens is 1140 g/mol. The van der Waals surface area contributed by atoms with E-state index < -0.39 is 46.8 Å². The van der Waals surface area contributed by atoms with E-state index in [1.54, 1.807) is 81.4 Å². The molecule has 0 aliphatic carbocycles.